The number of para-hydroxylation sites is 1. The number of amides is 1. The summed E-state index contributed by atoms with van der Waals surface area (Å²) in [6.45, 7) is 8.12. The molecular formula is C20H24N4O. The van der Waals surface area contributed by atoms with Crippen molar-refractivity contribution >= 4 is 22.6 Å². The van der Waals surface area contributed by atoms with E-state index in [9.17, 15) is 4.79 Å². The summed E-state index contributed by atoms with van der Waals surface area (Å²) in [6.07, 6.45) is 2.39. The number of benzene rings is 1. The number of rotatable bonds is 5. The van der Waals surface area contributed by atoms with Crippen LogP contribution in [-0.2, 0) is 4.79 Å². The van der Waals surface area contributed by atoms with Crippen LogP contribution in [0.15, 0.2) is 30.3 Å². The van der Waals surface area contributed by atoms with Gasteiger partial charge < -0.3 is 5.32 Å². The van der Waals surface area contributed by atoms with E-state index >= 15 is 0 Å². The third-order valence-electron chi connectivity index (χ3n) is 4.31. The molecule has 0 unspecified atom stereocenters. The Hall–Kier alpha value is -2.69. The molecule has 1 N–H and O–H groups in total. The highest BCUT2D eigenvalue weighted by Crippen LogP contribution is 2.24. The Kier molecular flexibility index (Phi) is 4.83. The van der Waals surface area contributed by atoms with Gasteiger partial charge in [-0.3, -0.25) is 4.79 Å². The van der Waals surface area contributed by atoms with Crippen molar-refractivity contribution in [3.63, 3.8) is 0 Å². The first-order valence-electron chi connectivity index (χ1n) is 8.73. The lowest BCUT2D eigenvalue weighted by molar-refractivity contribution is -0.116. The van der Waals surface area contributed by atoms with Gasteiger partial charge >= 0.3 is 0 Å². The zero-order valence-electron chi connectivity index (χ0n) is 15.3. The molecule has 0 fully saturated rings. The van der Waals surface area contributed by atoms with Crippen LogP contribution in [0.5, 0.6) is 0 Å². The summed E-state index contributed by atoms with van der Waals surface area (Å²) in [5.41, 5.74) is 4.07. The number of anilines is 1. The fourth-order valence-corrected chi connectivity index (χ4v) is 2.96. The maximum Gasteiger partial charge on any atom is 0.225 e. The van der Waals surface area contributed by atoms with E-state index < -0.39 is 0 Å². The molecule has 0 spiro atoms. The van der Waals surface area contributed by atoms with Crippen molar-refractivity contribution in [1.82, 2.24) is 14.8 Å². The Bertz CT molecular complexity index is 927. The van der Waals surface area contributed by atoms with Crippen LogP contribution < -0.4 is 5.32 Å². The van der Waals surface area contributed by atoms with Crippen molar-refractivity contribution in [3.8, 4) is 5.82 Å². The number of unbranched alkanes of at least 4 members (excludes halogenated alkanes) is 1. The van der Waals surface area contributed by atoms with Crippen molar-refractivity contribution in [2.24, 2.45) is 0 Å². The topological polar surface area (TPSA) is 59.8 Å². The summed E-state index contributed by atoms with van der Waals surface area (Å²) in [5, 5.41) is 8.64. The zero-order valence-corrected chi connectivity index (χ0v) is 15.3. The highest BCUT2D eigenvalue weighted by Gasteiger charge is 2.13. The Morgan fingerprint density at radius 1 is 1.16 bits per heavy atom. The molecule has 0 aliphatic heterocycles. The molecule has 5 nitrogen and oxygen atoms in total. The van der Waals surface area contributed by atoms with E-state index in [2.05, 4.69) is 43.3 Å². The van der Waals surface area contributed by atoms with Crippen molar-refractivity contribution in [2.75, 3.05) is 5.32 Å². The van der Waals surface area contributed by atoms with Gasteiger partial charge in [-0.1, -0.05) is 31.5 Å². The lowest BCUT2D eigenvalue weighted by Gasteiger charge is -2.11. The first-order valence-corrected chi connectivity index (χ1v) is 8.73. The molecule has 2 heterocycles. The lowest BCUT2D eigenvalue weighted by atomic mass is 10.1. The number of nitrogens with one attached hydrogen (secondary N) is 1. The lowest BCUT2D eigenvalue weighted by Crippen LogP contribution is -2.15. The van der Waals surface area contributed by atoms with E-state index in [1.165, 1.54) is 0 Å². The molecule has 0 atom stereocenters. The molecule has 3 aromatic rings. The van der Waals surface area contributed by atoms with Gasteiger partial charge in [-0.25, -0.2) is 4.98 Å². The minimum atomic E-state index is 0.0108. The summed E-state index contributed by atoms with van der Waals surface area (Å²) in [5.74, 6) is 1.40. The van der Waals surface area contributed by atoms with Crippen LogP contribution in [0.1, 0.15) is 43.0 Å². The van der Waals surface area contributed by atoms with Crippen molar-refractivity contribution < 1.29 is 4.79 Å². The summed E-state index contributed by atoms with van der Waals surface area (Å²) < 4.78 is 1.72. The van der Waals surface area contributed by atoms with Gasteiger partial charge in [0.25, 0.3) is 0 Å². The second-order valence-corrected chi connectivity index (χ2v) is 6.50. The Morgan fingerprint density at radius 2 is 1.96 bits per heavy atom. The van der Waals surface area contributed by atoms with Crippen molar-refractivity contribution in [2.45, 2.75) is 47.0 Å². The van der Waals surface area contributed by atoms with E-state index in [0.29, 0.717) is 12.2 Å². The minimum Gasteiger partial charge on any atom is -0.311 e. The van der Waals surface area contributed by atoms with E-state index in [1.807, 2.05) is 25.1 Å². The number of nitrogens with zero attached hydrogens (tertiary/aromatic N) is 3. The zero-order chi connectivity index (χ0) is 18.0. The largest absolute Gasteiger partial charge is 0.311 e. The molecular weight excluding hydrogens is 312 g/mol. The van der Waals surface area contributed by atoms with Crippen LogP contribution in [0.25, 0.3) is 16.7 Å². The summed E-state index contributed by atoms with van der Waals surface area (Å²) >= 11 is 0. The molecule has 0 radical (unpaired) electrons. The molecule has 2 aromatic heterocycles. The SMILES string of the molecule is CCCCC(=O)Nc1cc(C)nn1-c1cc(C)c2cccc(C)c2n1. The van der Waals surface area contributed by atoms with Crippen LogP contribution >= 0.6 is 0 Å². The standard InChI is InChI=1S/C20H24N4O/c1-5-6-10-19(25)21-18-12-15(4)23-24(18)17-11-14(3)16-9-7-8-13(2)20(16)22-17/h7-9,11-12H,5-6,10H2,1-4H3,(H,21,25). The Labute approximate surface area is 148 Å². The predicted octanol–water partition coefficient (Wildman–Crippen LogP) is 4.47. The van der Waals surface area contributed by atoms with Crippen molar-refractivity contribution in [1.29, 1.82) is 0 Å². The van der Waals surface area contributed by atoms with E-state index in [1.54, 1.807) is 4.68 Å². The Morgan fingerprint density at radius 3 is 2.72 bits per heavy atom. The van der Waals surface area contributed by atoms with Gasteiger partial charge in [0.15, 0.2) is 5.82 Å². The summed E-state index contributed by atoms with van der Waals surface area (Å²) in [4.78, 5) is 16.9. The van der Waals surface area contributed by atoms with Gasteiger partial charge in [0.05, 0.1) is 11.2 Å². The molecule has 1 aromatic carbocycles. The van der Waals surface area contributed by atoms with Gasteiger partial charge in [-0.05, 0) is 44.4 Å². The second-order valence-electron chi connectivity index (χ2n) is 6.50. The van der Waals surface area contributed by atoms with Crippen LogP contribution in [-0.4, -0.2) is 20.7 Å². The average molecular weight is 336 g/mol. The van der Waals surface area contributed by atoms with Gasteiger partial charge in [0.1, 0.15) is 5.82 Å². The molecule has 1 amide bonds. The molecule has 0 bridgehead atoms. The molecule has 0 aliphatic carbocycles. The number of aryl methyl sites for hydroxylation is 3. The number of aromatic nitrogens is 3. The fourth-order valence-electron chi connectivity index (χ4n) is 2.96. The Balaban J connectivity index is 2.03. The maximum absolute atomic E-state index is 12.1. The van der Waals surface area contributed by atoms with Gasteiger partial charge in [-0.2, -0.15) is 9.78 Å². The first kappa shape index (κ1) is 17.1. The van der Waals surface area contributed by atoms with Gasteiger partial charge in [-0.15, -0.1) is 0 Å². The number of carbonyl (C=O) groups is 1. The van der Waals surface area contributed by atoms with Gasteiger partial charge in [0.2, 0.25) is 5.91 Å². The van der Waals surface area contributed by atoms with Crippen LogP contribution in [0.3, 0.4) is 0 Å². The van der Waals surface area contributed by atoms with E-state index in [4.69, 9.17) is 4.98 Å². The molecule has 130 valence electrons. The summed E-state index contributed by atoms with van der Waals surface area (Å²) in [6, 6.07) is 10.1. The predicted molar refractivity (Wildman–Crippen MR) is 101 cm³/mol. The second kappa shape index (κ2) is 7.05. The third-order valence-corrected chi connectivity index (χ3v) is 4.31. The molecule has 5 heteroatoms. The van der Waals surface area contributed by atoms with Crippen LogP contribution in [0.4, 0.5) is 5.82 Å². The average Bonchev–Trinajstić information content (AvgIpc) is 2.94. The number of hydrogen-bond acceptors (Lipinski definition) is 3. The highest BCUT2D eigenvalue weighted by atomic mass is 16.1. The molecule has 25 heavy (non-hydrogen) atoms. The fraction of sp³-hybridized carbons (Fsp3) is 0.350. The molecule has 0 saturated carbocycles. The highest BCUT2D eigenvalue weighted by molar-refractivity contribution is 5.90. The first-order chi connectivity index (χ1) is 12.0. The third kappa shape index (κ3) is 3.55. The molecule has 0 aliphatic rings. The van der Waals surface area contributed by atoms with Crippen LogP contribution in [0, 0.1) is 20.8 Å². The molecule has 0 saturated heterocycles. The smallest absolute Gasteiger partial charge is 0.225 e. The minimum absolute atomic E-state index is 0.0108. The van der Waals surface area contributed by atoms with Crippen molar-refractivity contribution in [3.05, 3.63) is 47.2 Å². The van der Waals surface area contributed by atoms with E-state index in [0.717, 1.165) is 46.4 Å². The normalized spacial score (nSPS) is 11.0. The molecule has 3 rings (SSSR count). The number of hydrogen-bond donors (Lipinski definition) is 1. The number of fused-ring (bicyclic) bond motifs is 1. The number of carbonyl (C=O) groups excluding carboxylic acids is 1. The summed E-state index contributed by atoms with van der Waals surface area (Å²) in [7, 11) is 0. The van der Waals surface area contributed by atoms with Crippen LogP contribution in [0.2, 0.25) is 0 Å². The van der Waals surface area contributed by atoms with E-state index in [-0.39, 0.29) is 5.91 Å². The van der Waals surface area contributed by atoms with Gasteiger partial charge in [0, 0.05) is 17.9 Å². The maximum atomic E-state index is 12.1. The number of pyridine rings is 1. The monoisotopic (exact) mass is 336 g/mol. The quantitative estimate of drug-likeness (QED) is 0.747.